The molecule has 1 aromatic heterocycles. The number of hydrogen-bond donors (Lipinski definition) is 1. The molecule has 2 aliphatic rings. The molecule has 22 heavy (non-hydrogen) atoms. The number of amides is 2. The Balaban J connectivity index is 1.75. The molecule has 1 saturated heterocycles. The van der Waals surface area contributed by atoms with Crippen LogP contribution >= 0.6 is 0 Å². The highest BCUT2D eigenvalue weighted by atomic mass is 16.5. The van der Waals surface area contributed by atoms with Crippen LogP contribution in [0.5, 0.6) is 5.75 Å². The topological polar surface area (TPSA) is 88.8 Å². The maximum Gasteiger partial charge on any atom is 0.266 e. The normalized spacial score (nSPS) is 18.9. The van der Waals surface area contributed by atoms with Crippen LogP contribution < -0.4 is 15.4 Å². The zero-order valence-electron chi connectivity index (χ0n) is 12.6. The monoisotopic (exact) mass is 304 g/mol. The summed E-state index contributed by atoms with van der Waals surface area (Å²) in [5.74, 6) is 1.42. The summed E-state index contributed by atoms with van der Waals surface area (Å²) in [5.41, 5.74) is 5.68. The lowest BCUT2D eigenvalue weighted by Gasteiger charge is -2.33. The number of rotatable bonds is 2. The molecule has 0 unspecified atom stereocenters. The van der Waals surface area contributed by atoms with E-state index in [9.17, 15) is 9.59 Å². The number of hydrogen-bond acceptors (Lipinski definition) is 5. The zero-order chi connectivity index (χ0) is 15.7. The second kappa shape index (κ2) is 5.82. The van der Waals surface area contributed by atoms with Crippen molar-refractivity contribution < 1.29 is 14.3 Å². The quantitative estimate of drug-likeness (QED) is 0.866. The summed E-state index contributed by atoms with van der Waals surface area (Å²) in [6, 6.07) is 3.28. The Bertz CT molecular complexity index is 596. The lowest BCUT2D eigenvalue weighted by atomic mass is 9.99. The van der Waals surface area contributed by atoms with Gasteiger partial charge in [0.1, 0.15) is 12.4 Å². The van der Waals surface area contributed by atoms with Crippen LogP contribution in [-0.2, 0) is 9.59 Å². The van der Waals surface area contributed by atoms with Gasteiger partial charge in [-0.05, 0) is 30.9 Å². The van der Waals surface area contributed by atoms with E-state index in [0.29, 0.717) is 23.3 Å². The number of carbonyl (C=O) groups excluding carboxylic acids is 2. The van der Waals surface area contributed by atoms with Crippen molar-refractivity contribution in [3.05, 3.63) is 12.1 Å². The van der Waals surface area contributed by atoms with Crippen molar-refractivity contribution >= 4 is 23.5 Å². The number of anilines is 2. The molecule has 0 atom stereocenters. The molecule has 0 spiro atoms. The average molecular weight is 304 g/mol. The van der Waals surface area contributed by atoms with Crippen LogP contribution in [0, 0.1) is 5.92 Å². The Morgan fingerprint density at radius 1 is 1.41 bits per heavy atom. The summed E-state index contributed by atoms with van der Waals surface area (Å²) in [5, 5.41) is 0. The number of aromatic nitrogens is 1. The van der Waals surface area contributed by atoms with Gasteiger partial charge in [0.15, 0.2) is 18.2 Å². The minimum absolute atomic E-state index is 0.0139. The number of carbonyl (C=O) groups is 2. The number of fused-ring (bicyclic) bond motifs is 1. The maximum absolute atomic E-state index is 12.4. The first-order valence-corrected chi connectivity index (χ1v) is 7.52. The minimum atomic E-state index is -0.274. The van der Waals surface area contributed by atoms with Crippen molar-refractivity contribution in [2.24, 2.45) is 5.92 Å². The molecule has 1 fully saturated rings. The van der Waals surface area contributed by atoms with Crippen molar-refractivity contribution in [1.82, 2.24) is 9.88 Å². The SMILES string of the molecule is CC1CCN(C(=O)CN2C(=O)COc3ccc(N)nc32)CC1. The molecular formula is C15H20N4O3. The molecule has 0 aliphatic carbocycles. The van der Waals surface area contributed by atoms with Crippen LogP contribution in [-0.4, -0.2) is 47.9 Å². The molecule has 0 bridgehead atoms. The first kappa shape index (κ1) is 14.6. The number of nitrogens with zero attached hydrogens (tertiary/aromatic N) is 3. The number of pyridine rings is 1. The number of piperidine rings is 1. The van der Waals surface area contributed by atoms with E-state index >= 15 is 0 Å². The van der Waals surface area contributed by atoms with Gasteiger partial charge in [-0.3, -0.25) is 14.5 Å². The molecule has 2 aliphatic heterocycles. The Hall–Kier alpha value is -2.31. The van der Waals surface area contributed by atoms with Crippen molar-refractivity contribution in [2.75, 3.05) is 36.9 Å². The van der Waals surface area contributed by atoms with E-state index in [1.807, 2.05) is 4.90 Å². The summed E-state index contributed by atoms with van der Waals surface area (Å²) in [6.45, 7) is 3.59. The number of nitrogen functional groups attached to an aromatic ring is 1. The predicted molar refractivity (Wildman–Crippen MR) is 81.5 cm³/mol. The van der Waals surface area contributed by atoms with Crippen LogP contribution in [0.2, 0.25) is 0 Å². The molecule has 0 aromatic carbocycles. The third-order valence-corrected chi connectivity index (χ3v) is 4.20. The van der Waals surface area contributed by atoms with E-state index < -0.39 is 0 Å². The third-order valence-electron chi connectivity index (χ3n) is 4.20. The van der Waals surface area contributed by atoms with Gasteiger partial charge in [0, 0.05) is 13.1 Å². The van der Waals surface area contributed by atoms with Gasteiger partial charge in [0.05, 0.1) is 0 Å². The van der Waals surface area contributed by atoms with E-state index in [1.54, 1.807) is 12.1 Å². The van der Waals surface area contributed by atoms with Crippen LogP contribution in [0.15, 0.2) is 12.1 Å². The maximum atomic E-state index is 12.4. The molecule has 3 heterocycles. The second-order valence-corrected chi connectivity index (χ2v) is 5.89. The van der Waals surface area contributed by atoms with Gasteiger partial charge in [-0.2, -0.15) is 0 Å². The highest BCUT2D eigenvalue weighted by molar-refractivity contribution is 6.01. The Kier molecular flexibility index (Phi) is 3.87. The fourth-order valence-electron chi connectivity index (χ4n) is 2.75. The summed E-state index contributed by atoms with van der Waals surface area (Å²) >= 11 is 0. The van der Waals surface area contributed by atoms with E-state index in [0.717, 1.165) is 25.9 Å². The first-order chi connectivity index (χ1) is 10.5. The largest absolute Gasteiger partial charge is 0.480 e. The summed E-state index contributed by atoms with van der Waals surface area (Å²) in [4.78, 5) is 31.9. The Morgan fingerprint density at radius 3 is 2.86 bits per heavy atom. The molecule has 3 rings (SSSR count). The Labute approximate surface area is 129 Å². The van der Waals surface area contributed by atoms with Crippen molar-refractivity contribution in [3.63, 3.8) is 0 Å². The standard InChI is InChI=1S/C15H20N4O3/c1-10-4-6-18(7-5-10)13(20)8-19-14(21)9-22-11-2-3-12(16)17-15(11)19/h2-3,10H,4-9H2,1H3,(H2,16,17). The van der Waals surface area contributed by atoms with Crippen molar-refractivity contribution in [1.29, 1.82) is 0 Å². The Morgan fingerprint density at radius 2 is 2.14 bits per heavy atom. The van der Waals surface area contributed by atoms with Crippen LogP contribution in [0.1, 0.15) is 19.8 Å². The van der Waals surface area contributed by atoms with E-state index in [1.165, 1.54) is 4.90 Å². The van der Waals surface area contributed by atoms with Gasteiger partial charge in [-0.1, -0.05) is 6.92 Å². The van der Waals surface area contributed by atoms with Gasteiger partial charge in [-0.25, -0.2) is 4.98 Å². The molecule has 2 amide bonds. The van der Waals surface area contributed by atoms with E-state index in [-0.39, 0.29) is 25.0 Å². The molecule has 118 valence electrons. The van der Waals surface area contributed by atoms with Crippen molar-refractivity contribution in [3.8, 4) is 5.75 Å². The molecule has 2 N–H and O–H groups in total. The molecule has 7 heteroatoms. The average Bonchev–Trinajstić information content (AvgIpc) is 2.51. The molecular weight excluding hydrogens is 284 g/mol. The fraction of sp³-hybridized carbons (Fsp3) is 0.533. The highest BCUT2D eigenvalue weighted by Crippen LogP contribution is 2.30. The molecule has 1 aromatic rings. The van der Waals surface area contributed by atoms with E-state index in [2.05, 4.69) is 11.9 Å². The van der Waals surface area contributed by atoms with Crippen LogP contribution in [0.4, 0.5) is 11.6 Å². The summed E-state index contributed by atoms with van der Waals surface area (Å²) in [6.07, 6.45) is 2.01. The lowest BCUT2D eigenvalue weighted by molar-refractivity contribution is -0.133. The highest BCUT2D eigenvalue weighted by Gasteiger charge is 2.31. The zero-order valence-corrected chi connectivity index (χ0v) is 12.6. The second-order valence-electron chi connectivity index (χ2n) is 5.89. The van der Waals surface area contributed by atoms with Gasteiger partial charge in [0.2, 0.25) is 5.91 Å². The van der Waals surface area contributed by atoms with Gasteiger partial charge in [-0.15, -0.1) is 0 Å². The number of nitrogens with two attached hydrogens (primary N) is 1. The first-order valence-electron chi connectivity index (χ1n) is 7.52. The fourth-order valence-corrected chi connectivity index (χ4v) is 2.75. The van der Waals surface area contributed by atoms with Gasteiger partial charge < -0.3 is 15.4 Å². The summed E-state index contributed by atoms with van der Waals surface area (Å²) < 4.78 is 5.33. The molecule has 0 radical (unpaired) electrons. The number of likely N-dealkylation sites (tertiary alicyclic amines) is 1. The minimum Gasteiger partial charge on any atom is -0.480 e. The number of ether oxygens (including phenoxy) is 1. The smallest absolute Gasteiger partial charge is 0.266 e. The van der Waals surface area contributed by atoms with Crippen molar-refractivity contribution in [2.45, 2.75) is 19.8 Å². The third kappa shape index (κ3) is 2.84. The predicted octanol–water partition coefficient (Wildman–Crippen LogP) is 0.648. The van der Waals surface area contributed by atoms with E-state index in [4.69, 9.17) is 10.5 Å². The summed E-state index contributed by atoms with van der Waals surface area (Å²) in [7, 11) is 0. The molecule has 0 saturated carbocycles. The van der Waals surface area contributed by atoms with Gasteiger partial charge >= 0.3 is 0 Å². The van der Waals surface area contributed by atoms with Crippen LogP contribution in [0.25, 0.3) is 0 Å². The lowest BCUT2D eigenvalue weighted by Crippen LogP contribution is -2.48. The van der Waals surface area contributed by atoms with Crippen LogP contribution in [0.3, 0.4) is 0 Å². The van der Waals surface area contributed by atoms with Gasteiger partial charge in [0.25, 0.3) is 5.91 Å². The molecule has 7 nitrogen and oxygen atoms in total.